The lowest BCUT2D eigenvalue weighted by Gasteiger charge is -2.06. The van der Waals surface area contributed by atoms with Gasteiger partial charge in [0.2, 0.25) is 0 Å². The molecule has 1 aromatic rings. The molecule has 1 rings (SSSR count). The first-order chi connectivity index (χ1) is 6.50. The minimum atomic E-state index is -2.89. The summed E-state index contributed by atoms with van der Waals surface area (Å²) in [5.74, 6) is -0.0216. The summed E-state index contributed by atoms with van der Waals surface area (Å²) in [6.07, 6.45) is 0. The van der Waals surface area contributed by atoms with Gasteiger partial charge in [0.25, 0.3) is 0 Å². The normalized spacial score (nSPS) is 12.9. The Morgan fingerprint density at radius 3 is 2.57 bits per heavy atom. The van der Waals surface area contributed by atoms with E-state index in [-0.39, 0.29) is 10.6 Å². The zero-order chi connectivity index (χ0) is 10.7. The Labute approximate surface area is 82.0 Å². The number of halogens is 2. The van der Waals surface area contributed by atoms with Gasteiger partial charge in [0.05, 0.1) is 4.90 Å². The quantitative estimate of drug-likeness (QED) is 0.797. The van der Waals surface area contributed by atoms with Gasteiger partial charge in [-0.3, -0.25) is 0 Å². The SMILES string of the molecule is Cc1cc(OC(F)F)ccc1S(=O)O. The van der Waals surface area contributed by atoms with E-state index in [0.717, 1.165) is 0 Å². The Bertz CT molecular complexity index is 354. The van der Waals surface area contributed by atoms with Crippen molar-refractivity contribution in [1.29, 1.82) is 0 Å². The average molecular weight is 222 g/mol. The predicted molar refractivity (Wildman–Crippen MR) is 46.8 cm³/mol. The van der Waals surface area contributed by atoms with Crippen molar-refractivity contribution in [3.05, 3.63) is 23.8 Å². The molecule has 0 aliphatic heterocycles. The van der Waals surface area contributed by atoms with E-state index in [9.17, 15) is 13.0 Å². The molecule has 6 heteroatoms. The molecule has 0 heterocycles. The number of hydrogen-bond donors (Lipinski definition) is 1. The molecule has 0 aromatic heterocycles. The Morgan fingerprint density at radius 1 is 1.50 bits per heavy atom. The van der Waals surface area contributed by atoms with Gasteiger partial charge >= 0.3 is 6.61 Å². The van der Waals surface area contributed by atoms with Crippen LogP contribution in [0, 0.1) is 6.92 Å². The van der Waals surface area contributed by atoms with Gasteiger partial charge in [-0.15, -0.1) is 0 Å². The molecule has 0 fully saturated rings. The fraction of sp³-hybridized carbons (Fsp3) is 0.250. The van der Waals surface area contributed by atoms with Gasteiger partial charge in [-0.05, 0) is 30.7 Å². The monoisotopic (exact) mass is 222 g/mol. The summed E-state index contributed by atoms with van der Waals surface area (Å²) in [4.78, 5) is 0.187. The molecule has 1 N–H and O–H groups in total. The summed E-state index contributed by atoms with van der Waals surface area (Å²) < 4.78 is 47.1. The molecule has 3 nitrogen and oxygen atoms in total. The van der Waals surface area contributed by atoms with Crippen molar-refractivity contribution in [1.82, 2.24) is 0 Å². The zero-order valence-electron chi connectivity index (χ0n) is 7.24. The van der Waals surface area contributed by atoms with E-state index >= 15 is 0 Å². The van der Waals surface area contributed by atoms with Crippen LogP contribution in [0.2, 0.25) is 0 Å². The third kappa shape index (κ3) is 2.74. The van der Waals surface area contributed by atoms with E-state index in [4.69, 9.17) is 4.55 Å². The molecule has 1 atom stereocenters. The summed E-state index contributed by atoms with van der Waals surface area (Å²) in [6, 6.07) is 3.79. The Kier molecular flexibility index (Phi) is 3.54. The van der Waals surface area contributed by atoms with Gasteiger partial charge in [0, 0.05) is 0 Å². The maximum atomic E-state index is 11.8. The predicted octanol–water partition coefficient (Wildman–Crippen LogP) is 2.18. The minimum Gasteiger partial charge on any atom is -0.435 e. The van der Waals surface area contributed by atoms with Crippen molar-refractivity contribution >= 4 is 11.1 Å². The van der Waals surface area contributed by atoms with Gasteiger partial charge in [-0.25, -0.2) is 4.21 Å². The third-order valence-electron chi connectivity index (χ3n) is 1.56. The maximum absolute atomic E-state index is 11.8. The van der Waals surface area contributed by atoms with E-state index in [0.29, 0.717) is 5.56 Å². The van der Waals surface area contributed by atoms with Crippen molar-refractivity contribution in [2.24, 2.45) is 0 Å². The minimum absolute atomic E-state index is 0.0216. The molecule has 14 heavy (non-hydrogen) atoms. The van der Waals surface area contributed by atoms with Gasteiger partial charge < -0.3 is 9.29 Å². The smallest absolute Gasteiger partial charge is 0.387 e. The van der Waals surface area contributed by atoms with Crippen molar-refractivity contribution < 1.29 is 22.3 Å². The lowest BCUT2D eigenvalue weighted by atomic mass is 10.2. The van der Waals surface area contributed by atoms with E-state index in [1.165, 1.54) is 18.2 Å². The van der Waals surface area contributed by atoms with Gasteiger partial charge in [-0.1, -0.05) is 0 Å². The number of rotatable bonds is 3. The topological polar surface area (TPSA) is 46.5 Å². The highest BCUT2D eigenvalue weighted by Gasteiger charge is 2.08. The fourth-order valence-electron chi connectivity index (χ4n) is 0.994. The number of benzene rings is 1. The van der Waals surface area contributed by atoms with Crippen LogP contribution in [0.15, 0.2) is 23.1 Å². The summed E-state index contributed by atoms with van der Waals surface area (Å²) in [7, 11) is 0. The first-order valence-corrected chi connectivity index (χ1v) is 4.77. The Morgan fingerprint density at radius 2 is 2.14 bits per heavy atom. The molecular weight excluding hydrogens is 214 g/mol. The molecule has 0 radical (unpaired) electrons. The number of aryl methyl sites for hydroxylation is 1. The molecule has 0 spiro atoms. The molecule has 78 valence electrons. The Balaban J connectivity index is 2.94. The van der Waals surface area contributed by atoms with Crippen LogP contribution < -0.4 is 4.74 Å². The van der Waals surface area contributed by atoms with Crippen molar-refractivity contribution in [3.8, 4) is 5.75 Å². The Hall–Kier alpha value is -1.01. The molecule has 0 saturated carbocycles. The molecule has 0 bridgehead atoms. The summed E-state index contributed by atoms with van der Waals surface area (Å²) in [6.45, 7) is -1.35. The van der Waals surface area contributed by atoms with Crippen LogP contribution in [-0.4, -0.2) is 15.4 Å². The largest absolute Gasteiger partial charge is 0.435 e. The molecule has 0 aliphatic carbocycles. The first-order valence-electron chi connectivity index (χ1n) is 3.67. The van der Waals surface area contributed by atoms with Crippen LogP contribution in [0.1, 0.15) is 5.56 Å². The van der Waals surface area contributed by atoms with Crippen LogP contribution in [0.5, 0.6) is 5.75 Å². The molecule has 1 aromatic carbocycles. The lowest BCUT2D eigenvalue weighted by Crippen LogP contribution is -2.02. The second kappa shape index (κ2) is 4.47. The van der Waals surface area contributed by atoms with Crippen molar-refractivity contribution in [3.63, 3.8) is 0 Å². The highest BCUT2D eigenvalue weighted by atomic mass is 32.2. The molecule has 0 saturated heterocycles. The van der Waals surface area contributed by atoms with Crippen LogP contribution in [0.25, 0.3) is 0 Å². The second-order valence-electron chi connectivity index (χ2n) is 2.55. The molecule has 0 aliphatic rings. The van der Waals surface area contributed by atoms with Gasteiger partial charge in [0.1, 0.15) is 5.75 Å². The fourth-order valence-corrected chi connectivity index (χ4v) is 1.51. The van der Waals surface area contributed by atoms with Crippen LogP contribution >= 0.6 is 0 Å². The summed E-state index contributed by atoms with van der Waals surface area (Å²) in [5.41, 5.74) is 0.434. The lowest BCUT2D eigenvalue weighted by molar-refractivity contribution is -0.0498. The van der Waals surface area contributed by atoms with Crippen molar-refractivity contribution in [2.45, 2.75) is 18.4 Å². The standard InChI is InChI=1S/C8H8F2O3S/c1-5-4-6(13-8(9)10)2-3-7(5)14(11)12/h2-4,8H,1H3,(H,11,12). The summed E-state index contributed by atoms with van der Waals surface area (Å²) >= 11 is -2.10. The van der Waals surface area contributed by atoms with E-state index in [1.807, 2.05) is 0 Å². The van der Waals surface area contributed by atoms with Crippen LogP contribution in [0.3, 0.4) is 0 Å². The highest BCUT2D eigenvalue weighted by molar-refractivity contribution is 7.79. The molecular formula is C8H8F2O3S. The molecule has 1 unspecified atom stereocenters. The van der Waals surface area contributed by atoms with Crippen LogP contribution in [-0.2, 0) is 11.1 Å². The van der Waals surface area contributed by atoms with Gasteiger partial charge in [0.15, 0.2) is 11.1 Å². The van der Waals surface area contributed by atoms with E-state index < -0.39 is 17.7 Å². The highest BCUT2D eigenvalue weighted by Crippen LogP contribution is 2.20. The second-order valence-corrected chi connectivity index (χ2v) is 3.49. The van der Waals surface area contributed by atoms with E-state index in [2.05, 4.69) is 4.74 Å². The van der Waals surface area contributed by atoms with E-state index in [1.54, 1.807) is 6.92 Å². The maximum Gasteiger partial charge on any atom is 0.387 e. The number of ether oxygens (including phenoxy) is 1. The summed E-state index contributed by atoms with van der Waals surface area (Å²) in [5, 5.41) is 0. The van der Waals surface area contributed by atoms with Crippen LogP contribution in [0.4, 0.5) is 8.78 Å². The third-order valence-corrected chi connectivity index (χ3v) is 2.39. The van der Waals surface area contributed by atoms with Gasteiger partial charge in [-0.2, -0.15) is 8.78 Å². The first kappa shape index (κ1) is 11.1. The number of hydrogen-bond acceptors (Lipinski definition) is 2. The average Bonchev–Trinajstić information content (AvgIpc) is 2.01. The number of alkyl halides is 2. The zero-order valence-corrected chi connectivity index (χ0v) is 8.05. The molecule has 0 amide bonds. The van der Waals surface area contributed by atoms with Crippen molar-refractivity contribution in [2.75, 3.05) is 0 Å².